The van der Waals surface area contributed by atoms with Crippen LogP contribution in [0, 0.1) is 5.92 Å². The maximum atomic E-state index is 6.04. The summed E-state index contributed by atoms with van der Waals surface area (Å²) in [6.45, 7) is 3.10. The van der Waals surface area contributed by atoms with Crippen LogP contribution in [0.2, 0.25) is 5.02 Å². The van der Waals surface area contributed by atoms with Gasteiger partial charge in [0.2, 0.25) is 0 Å². The van der Waals surface area contributed by atoms with Crippen molar-refractivity contribution in [3.8, 4) is 0 Å². The first-order valence-corrected chi connectivity index (χ1v) is 6.69. The summed E-state index contributed by atoms with van der Waals surface area (Å²) in [5.74, 6) is 1.74. The minimum atomic E-state index is 0.607. The molecule has 0 radical (unpaired) electrons. The number of thioether (sulfide) groups is 1. The molecule has 0 aliphatic heterocycles. The van der Waals surface area contributed by atoms with Gasteiger partial charge in [-0.25, -0.2) is 0 Å². The molecule has 0 fully saturated rings. The SMILES string of the molecule is CSCC(C)CNc1c(N)cccc1Cl. The van der Waals surface area contributed by atoms with E-state index in [2.05, 4.69) is 18.5 Å². The molecule has 0 aliphatic carbocycles. The smallest absolute Gasteiger partial charge is 0.0763 e. The van der Waals surface area contributed by atoms with Gasteiger partial charge in [-0.05, 0) is 30.1 Å². The zero-order valence-corrected chi connectivity index (χ0v) is 10.7. The van der Waals surface area contributed by atoms with Gasteiger partial charge >= 0.3 is 0 Å². The number of anilines is 2. The summed E-state index contributed by atoms with van der Waals surface area (Å²) in [6, 6.07) is 5.56. The van der Waals surface area contributed by atoms with E-state index in [0.29, 0.717) is 16.6 Å². The van der Waals surface area contributed by atoms with Crippen LogP contribution in [0.3, 0.4) is 0 Å². The molecule has 0 aromatic heterocycles. The minimum Gasteiger partial charge on any atom is -0.397 e. The lowest BCUT2D eigenvalue weighted by Crippen LogP contribution is -2.14. The predicted octanol–water partition coefficient (Wildman–Crippen LogP) is 3.33. The van der Waals surface area contributed by atoms with Crippen LogP contribution in [0.15, 0.2) is 18.2 Å². The zero-order valence-electron chi connectivity index (χ0n) is 9.09. The van der Waals surface area contributed by atoms with Gasteiger partial charge in [-0.3, -0.25) is 0 Å². The number of para-hydroxylation sites is 1. The Morgan fingerprint density at radius 2 is 2.27 bits per heavy atom. The van der Waals surface area contributed by atoms with Crippen LogP contribution in [-0.4, -0.2) is 18.6 Å². The Morgan fingerprint density at radius 3 is 2.87 bits per heavy atom. The lowest BCUT2D eigenvalue weighted by molar-refractivity contribution is 0.702. The van der Waals surface area contributed by atoms with E-state index in [0.717, 1.165) is 18.0 Å². The summed E-state index contributed by atoms with van der Waals surface area (Å²) in [7, 11) is 0. The van der Waals surface area contributed by atoms with E-state index >= 15 is 0 Å². The maximum Gasteiger partial charge on any atom is 0.0763 e. The Labute approximate surface area is 101 Å². The summed E-state index contributed by atoms with van der Waals surface area (Å²) in [4.78, 5) is 0. The first-order valence-electron chi connectivity index (χ1n) is 4.92. The molecule has 0 bridgehead atoms. The summed E-state index contributed by atoms with van der Waals surface area (Å²) in [5.41, 5.74) is 7.39. The van der Waals surface area contributed by atoms with Crippen LogP contribution >= 0.6 is 23.4 Å². The van der Waals surface area contributed by atoms with Crippen molar-refractivity contribution in [1.29, 1.82) is 0 Å². The number of rotatable bonds is 5. The predicted molar refractivity (Wildman–Crippen MR) is 71.9 cm³/mol. The monoisotopic (exact) mass is 244 g/mol. The van der Waals surface area contributed by atoms with Gasteiger partial charge in [0.15, 0.2) is 0 Å². The molecule has 15 heavy (non-hydrogen) atoms. The molecule has 1 unspecified atom stereocenters. The number of benzene rings is 1. The van der Waals surface area contributed by atoms with Crippen LogP contribution in [0.25, 0.3) is 0 Å². The average molecular weight is 245 g/mol. The standard InChI is InChI=1S/C11H17ClN2S/c1-8(7-15-2)6-14-11-9(12)4-3-5-10(11)13/h3-5,8,14H,6-7,13H2,1-2H3. The van der Waals surface area contributed by atoms with Crippen molar-refractivity contribution in [3.05, 3.63) is 23.2 Å². The first-order chi connectivity index (χ1) is 7.15. The highest BCUT2D eigenvalue weighted by molar-refractivity contribution is 7.98. The van der Waals surface area contributed by atoms with Gasteiger partial charge in [0, 0.05) is 6.54 Å². The molecule has 4 heteroatoms. The Kier molecular flexibility index (Phi) is 5.12. The van der Waals surface area contributed by atoms with Crippen LogP contribution in [-0.2, 0) is 0 Å². The number of nitrogens with two attached hydrogens (primary N) is 1. The minimum absolute atomic E-state index is 0.607. The fourth-order valence-corrected chi connectivity index (χ4v) is 2.28. The molecule has 0 spiro atoms. The second kappa shape index (κ2) is 6.13. The van der Waals surface area contributed by atoms with Crippen molar-refractivity contribution in [2.24, 2.45) is 5.92 Å². The van der Waals surface area contributed by atoms with Gasteiger partial charge in [-0.15, -0.1) is 0 Å². The second-order valence-electron chi connectivity index (χ2n) is 3.65. The van der Waals surface area contributed by atoms with Crippen molar-refractivity contribution in [3.63, 3.8) is 0 Å². The largest absolute Gasteiger partial charge is 0.397 e. The van der Waals surface area contributed by atoms with E-state index < -0.39 is 0 Å². The van der Waals surface area contributed by atoms with Crippen molar-refractivity contribution in [2.45, 2.75) is 6.92 Å². The van der Waals surface area contributed by atoms with Crippen LogP contribution in [0.1, 0.15) is 6.92 Å². The summed E-state index contributed by atoms with van der Waals surface area (Å²) >= 11 is 7.89. The molecular formula is C11H17ClN2S. The second-order valence-corrected chi connectivity index (χ2v) is 4.96. The molecule has 0 saturated heterocycles. The third-order valence-electron chi connectivity index (χ3n) is 2.12. The zero-order chi connectivity index (χ0) is 11.3. The highest BCUT2D eigenvalue weighted by Crippen LogP contribution is 2.27. The molecule has 0 amide bonds. The first kappa shape index (κ1) is 12.5. The molecule has 1 aromatic carbocycles. The van der Waals surface area contributed by atoms with Gasteiger partial charge in [-0.1, -0.05) is 24.6 Å². The lowest BCUT2D eigenvalue weighted by atomic mass is 10.2. The van der Waals surface area contributed by atoms with Gasteiger partial charge in [0.25, 0.3) is 0 Å². The number of hydrogen-bond acceptors (Lipinski definition) is 3. The van der Waals surface area contributed by atoms with Gasteiger partial charge in [0.05, 0.1) is 16.4 Å². The fourth-order valence-electron chi connectivity index (χ4n) is 1.35. The topological polar surface area (TPSA) is 38.0 Å². The van der Waals surface area contributed by atoms with Crippen LogP contribution < -0.4 is 11.1 Å². The Balaban J connectivity index is 2.57. The number of nitrogen functional groups attached to an aromatic ring is 1. The molecule has 0 saturated carbocycles. The van der Waals surface area contributed by atoms with E-state index in [4.69, 9.17) is 17.3 Å². The molecule has 1 aromatic rings. The maximum absolute atomic E-state index is 6.04. The molecular weight excluding hydrogens is 228 g/mol. The molecule has 1 atom stereocenters. The van der Waals surface area contributed by atoms with Crippen molar-refractivity contribution in [1.82, 2.24) is 0 Å². The van der Waals surface area contributed by atoms with Gasteiger partial charge < -0.3 is 11.1 Å². The van der Waals surface area contributed by atoms with Gasteiger partial charge in [0.1, 0.15) is 0 Å². The third kappa shape index (κ3) is 3.84. The highest BCUT2D eigenvalue weighted by Gasteiger charge is 2.06. The molecule has 84 valence electrons. The number of nitrogens with one attached hydrogen (secondary N) is 1. The quantitative estimate of drug-likeness (QED) is 0.781. The van der Waals surface area contributed by atoms with E-state index in [-0.39, 0.29) is 0 Å². The van der Waals surface area contributed by atoms with Crippen molar-refractivity contribution >= 4 is 34.7 Å². The van der Waals surface area contributed by atoms with E-state index in [1.165, 1.54) is 0 Å². The summed E-state index contributed by atoms with van der Waals surface area (Å²) in [5, 5.41) is 3.98. The third-order valence-corrected chi connectivity index (χ3v) is 3.34. The Morgan fingerprint density at radius 1 is 1.53 bits per heavy atom. The van der Waals surface area contributed by atoms with Crippen LogP contribution in [0.4, 0.5) is 11.4 Å². The van der Waals surface area contributed by atoms with E-state index in [9.17, 15) is 0 Å². The summed E-state index contributed by atoms with van der Waals surface area (Å²) in [6.07, 6.45) is 2.11. The normalized spacial score (nSPS) is 12.5. The van der Waals surface area contributed by atoms with Gasteiger partial charge in [-0.2, -0.15) is 11.8 Å². The Bertz CT molecular complexity index is 297. The van der Waals surface area contributed by atoms with E-state index in [1.54, 1.807) is 0 Å². The fraction of sp³-hybridized carbons (Fsp3) is 0.455. The summed E-state index contributed by atoms with van der Waals surface area (Å²) < 4.78 is 0. The van der Waals surface area contributed by atoms with E-state index in [1.807, 2.05) is 30.0 Å². The molecule has 0 aliphatic rings. The molecule has 2 nitrogen and oxygen atoms in total. The average Bonchev–Trinajstić information content (AvgIpc) is 2.17. The van der Waals surface area contributed by atoms with Crippen molar-refractivity contribution in [2.75, 3.05) is 29.6 Å². The lowest BCUT2D eigenvalue weighted by Gasteiger charge is -2.14. The number of hydrogen-bond donors (Lipinski definition) is 2. The number of halogens is 1. The van der Waals surface area contributed by atoms with Crippen molar-refractivity contribution < 1.29 is 0 Å². The van der Waals surface area contributed by atoms with Crippen LogP contribution in [0.5, 0.6) is 0 Å². The Hall–Kier alpha value is -0.540. The molecule has 0 heterocycles. The molecule has 1 rings (SSSR count). The molecule has 3 N–H and O–H groups in total. The highest BCUT2D eigenvalue weighted by atomic mass is 35.5.